The summed E-state index contributed by atoms with van der Waals surface area (Å²) in [5.74, 6) is -0.765. The van der Waals surface area contributed by atoms with Crippen LogP contribution in [0.15, 0.2) is 60.7 Å². The van der Waals surface area contributed by atoms with Crippen molar-refractivity contribution in [2.24, 2.45) is 0 Å². The van der Waals surface area contributed by atoms with Crippen LogP contribution < -0.4 is 5.32 Å². The van der Waals surface area contributed by atoms with Gasteiger partial charge in [0.05, 0.1) is 0 Å². The van der Waals surface area contributed by atoms with Crippen molar-refractivity contribution in [1.29, 1.82) is 0 Å². The lowest BCUT2D eigenvalue weighted by Crippen LogP contribution is -2.25. The first kappa shape index (κ1) is 15.9. The van der Waals surface area contributed by atoms with E-state index in [0.717, 1.165) is 11.1 Å². The Kier molecular flexibility index (Phi) is 5.32. The molecule has 2 N–H and O–H groups in total. The van der Waals surface area contributed by atoms with Gasteiger partial charge in [-0.15, -0.1) is 0 Å². The van der Waals surface area contributed by atoms with Crippen molar-refractivity contribution in [2.45, 2.75) is 18.7 Å². The molecule has 0 aromatic heterocycles. The maximum absolute atomic E-state index is 12.3. The number of rotatable bonds is 6. The third-order valence-electron chi connectivity index (χ3n) is 3.41. The molecular formula is C16H20NO3P. The van der Waals surface area contributed by atoms with Gasteiger partial charge in [-0.25, -0.2) is 0 Å². The van der Waals surface area contributed by atoms with Gasteiger partial charge in [0.1, 0.15) is 5.78 Å². The number of hydrogen-bond acceptors (Lipinski definition) is 3. The Balaban J connectivity index is 2.27. The van der Waals surface area contributed by atoms with Gasteiger partial charge in [0, 0.05) is 13.2 Å². The first-order valence-electron chi connectivity index (χ1n) is 6.79. The van der Waals surface area contributed by atoms with Crippen LogP contribution in [0.3, 0.4) is 0 Å². The van der Waals surface area contributed by atoms with E-state index in [1.54, 1.807) is 0 Å². The fraction of sp³-hybridized carbons (Fsp3) is 0.250. The predicted molar refractivity (Wildman–Crippen MR) is 84.0 cm³/mol. The topological polar surface area (TPSA) is 58.6 Å². The average molecular weight is 305 g/mol. The van der Waals surface area contributed by atoms with Crippen molar-refractivity contribution in [3.63, 3.8) is 0 Å². The van der Waals surface area contributed by atoms with Crippen LogP contribution in [-0.4, -0.2) is 12.0 Å². The minimum atomic E-state index is -3.79. The highest BCUT2D eigenvalue weighted by atomic mass is 31.2. The van der Waals surface area contributed by atoms with Gasteiger partial charge in [0.2, 0.25) is 0 Å². The van der Waals surface area contributed by atoms with E-state index < -0.39 is 13.4 Å². The Labute approximate surface area is 125 Å². The maximum atomic E-state index is 12.3. The summed E-state index contributed by atoms with van der Waals surface area (Å²) in [6, 6.07) is 18.9. The molecule has 112 valence electrons. The molecule has 0 amide bonds. The van der Waals surface area contributed by atoms with Crippen LogP contribution in [0.5, 0.6) is 0 Å². The molecule has 3 unspecified atom stereocenters. The normalized spacial score (nSPS) is 16.9. The van der Waals surface area contributed by atoms with Gasteiger partial charge in [-0.1, -0.05) is 60.7 Å². The molecule has 5 heteroatoms. The van der Waals surface area contributed by atoms with Gasteiger partial charge < -0.3 is 9.42 Å². The van der Waals surface area contributed by atoms with E-state index in [0.29, 0.717) is 0 Å². The summed E-state index contributed by atoms with van der Waals surface area (Å²) >= 11 is 0. The first-order chi connectivity index (χ1) is 10.0. The highest BCUT2D eigenvalue weighted by molar-refractivity contribution is 7.53. The third-order valence-corrected chi connectivity index (χ3v) is 5.03. The molecule has 0 saturated carbocycles. The van der Waals surface area contributed by atoms with Crippen molar-refractivity contribution in [3.8, 4) is 0 Å². The molecule has 2 rings (SSSR count). The molecule has 0 aliphatic carbocycles. The van der Waals surface area contributed by atoms with Crippen molar-refractivity contribution in [1.82, 2.24) is 5.32 Å². The Bertz CT molecular complexity index is 603. The molecule has 2 aromatic carbocycles. The smallest absolute Gasteiger partial charge is 0.323 e. The predicted octanol–water partition coefficient (Wildman–Crippen LogP) is 3.87. The molecule has 0 bridgehead atoms. The van der Waals surface area contributed by atoms with E-state index in [1.165, 1.54) is 7.11 Å². The summed E-state index contributed by atoms with van der Waals surface area (Å²) in [6.45, 7) is 1.96. The highest BCUT2D eigenvalue weighted by Crippen LogP contribution is 2.54. The van der Waals surface area contributed by atoms with Gasteiger partial charge in [-0.05, 0) is 18.1 Å². The quantitative estimate of drug-likeness (QED) is 0.795. The molecule has 21 heavy (non-hydrogen) atoms. The highest BCUT2D eigenvalue weighted by Gasteiger charge is 2.33. The minimum Gasteiger partial charge on any atom is -0.323 e. The molecular weight excluding hydrogens is 285 g/mol. The zero-order chi connectivity index (χ0) is 15.3. The Morgan fingerprint density at radius 1 is 1.00 bits per heavy atom. The molecule has 0 aliphatic heterocycles. The number of benzene rings is 2. The number of nitrogens with one attached hydrogen (secondary N) is 1. The monoisotopic (exact) mass is 305 g/mol. The summed E-state index contributed by atoms with van der Waals surface area (Å²) in [5, 5.41) is 3.20. The van der Waals surface area contributed by atoms with Crippen LogP contribution in [-0.2, 0) is 9.09 Å². The van der Waals surface area contributed by atoms with Crippen LogP contribution in [0.4, 0.5) is 0 Å². The van der Waals surface area contributed by atoms with Crippen LogP contribution in [0.25, 0.3) is 0 Å². The molecule has 0 spiro atoms. The SMILES string of the molecule is COP(=O)(O)C(NC(C)c1ccccc1)c1ccccc1. The average Bonchev–Trinajstić information content (AvgIpc) is 2.54. The molecule has 0 heterocycles. The lowest BCUT2D eigenvalue weighted by atomic mass is 10.1. The van der Waals surface area contributed by atoms with Crippen LogP contribution >= 0.6 is 7.60 Å². The Hall–Kier alpha value is -1.45. The summed E-state index contributed by atoms with van der Waals surface area (Å²) in [6.07, 6.45) is 0. The molecule has 0 aliphatic rings. The fourth-order valence-electron chi connectivity index (χ4n) is 2.19. The second kappa shape index (κ2) is 7.01. The Morgan fingerprint density at radius 3 is 1.95 bits per heavy atom. The van der Waals surface area contributed by atoms with Crippen LogP contribution in [0.1, 0.15) is 29.9 Å². The zero-order valence-corrected chi connectivity index (χ0v) is 13.0. The minimum absolute atomic E-state index is 0.0768. The summed E-state index contributed by atoms with van der Waals surface area (Å²) < 4.78 is 17.2. The van der Waals surface area contributed by atoms with Crippen LogP contribution in [0.2, 0.25) is 0 Å². The van der Waals surface area contributed by atoms with E-state index in [4.69, 9.17) is 4.52 Å². The van der Waals surface area contributed by atoms with E-state index in [-0.39, 0.29) is 6.04 Å². The van der Waals surface area contributed by atoms with Crippen molar-refractivity contribution >= 4 is 7.60 Å². The summed E-state index contributed by atoms with van der Waals surface area (Å²) in [4.78, 5) is 10.1. The molecule has 3 atom stereocenters. The van der Waals surface area contributed by atoms with E-state index in [2.05, 4.69) is 5.32 Å². The molecule has 0 fully saturated rings. The van der Waals surface area contributed by atoms with E-state index >= 15 is 0 Å². The fourth-order valence-corrected chi connectivity index (χ4v) is 3.37. The van der Waals surface area contributed by atoms with Gasteiger partial charge in [0.25, 0.3) is 0 Å². The third kappa shape index (κ3) is 4.02. The number of hydrogen-bond donors (Lipinski definition) is 2. The molecule has 0 radical (unpaired) electrons. The summed E-state index contributed by atoms with van der Waals surface area (Å²) in [7, 11) is -2.54. The van der Waals surface area contributed by atoms with E-state index in [1.807, 2.05) is 67.6 Å². The standard InChI is InChI=1S/C16H20NO3P/c1-13(14-9-5-3-6-10-14)17-16(21(18,19)20-2)15-11-7-4-8-12-15/h3-13,16-17H,1-2H3,(H,18,19). The lowest BCUT2D eigenvalue weighted by Gasteiger charge is -2.26. The van der Waals surface area contributed by atoms with Gasteiger partial charge in [-0.3, -0.25) is 9.88 Å². The van der Waals surface area contributed by atoms with Crippen molar-refractivity contribution < 1.29 is 14.0 Å². The second-order valence-corrected chi connectivity index (χ2v) is 6.87. The summed E-state index contributed by atoms with van der Waals surface area (Å²) in [5.41, 5.74) is 1.78. The molecule has 4 nitrogen and oxygen atoms in total. The molecule has 0 saturated heterocycles. The largest absolute Gasteiger partial charge is 0.349 e. The van der Waals surface area contributed by atoms with Crippen LogP contribution in [0, 0.1) is 0 Å². The zero-order valence-electron chi connectivity index (χ0n) is 12.1. The lowest BCUT2D eigenvalue weighted by molar-refractivity contribution is 0.292. The Morgan fingerprint density at radius 2 is 1.48 bits per heavy atom. The van der Waals surface area contributed by atoms with Gasteiger partial charge in [0.15, 0.2) is 0 Å². The molecule has 2 aromatic rings. The van der Waals surface area contributed by atoms with Gasteiger partial charge in [-0.2, -0.15) is 0 Å². The van der Waals surface area contributed by atoms with Gasteiger partial charge >= 0.3 is 7.60 Å². The van der Waals surface area contributed by atoms with E-state index in [9.17, 15) is 9.46 Å². The second-order valence-electron chi connectivity index (χ2n) is 4.86. The van der Waals surface area contributed by atoms with Crippen molar-refractivity contribution in [3.05, 3.63) is 71.8 Å². The maximum Gasteiger partial charge on any atom is 0.349 e. The van der Waals surface area contributed by atoms with Crippen molar-refractivity contribution in [2.75, 3.05) is 7.11 Å². The first-order valence-corrected chi connectivity index (χ1v) is 8.43.